The van der Waals surface area contributed by atoms with Gasteiger partial charge in [0.2, 0.25) is 5.91 Å². The third-order valence-electron chi connectivity index (χ3n) is 7.25. The molecule has 7 heteroatoms. The van der Waals surface area contributed by atoms with Gasteiger partial charge in [-0.25, -0.2) is 9.59 Å². The highest BCUT2D eigenvalue weighted by Crippen LogP contribution is 2.44. The normalized spacial score (nSPS) is 16.7. The zero-order valence-electron chi connectivity index (χ0n) is 20.2. The zero-order valence-corrected chi connectivity index (χ0v) is 20.2. The second-order valence-electron chi connectivity index (χ2n) is 9.66. The van der Waals surface area contributed by atoms with E-state index in [-0.39, 0.29) is 24.9 Å². The van der Waals surface area contributed by atoms with Crippen molar-refractivity contribution in [3.8, 4) is 11.1 Å². The lowest BCUT2D eigenvalue weighted by Crippen LogP contribution is -2.53. The standard InChI is InChI=1S/C28H34N2O5/c1-2-3-10-19(17-25(31)30-28(26(32)33)15-8-9-16-28)29-27(34)35-18-24-22-13-6-4-11-20(22)21-12-5-7-14-23(21)24/h4-7,11-14,19,24H,2-3,8-10,15-18H2,1H3,(H,29,34)(H,30,31)(H,32,33). The fourth-order valence-electron chi connectivity index (χ4n) is 5.40. The van der Waals surface area contributed by atoms with Crippen LogP contribution < -0.4 is 10.6 Å². The molecule has 0 radical (unpaired) electrons. The fourth-order valence-corrected chi connectivity index (χ4v) is 5.40. The van der Waals surface area contributed by atoms with Gasteiger partial charge >= 0.3 is 12.1 Å². The first-order chi connectivity index (χ1) is 16.9. The highest BCUT2D eigenvalue weighted by Gasteiger charge is 2.42. The van der Waals surface area contributed by atoms with Crippen molar-refractivity contribution in [1.29, 1.82) is 0 Å². The van der Waals surface area contributed by atoms with Crippen LogP contribution in [0.25, 0.3) is 11.1 Å². The predicted octanol–water partition coefficient (Wildman–Crippen LogP) is 4.99. The van der Waals surface area contributed by atoms with Crippen LogP contribution in [0.1, 0.15) is 75.3 Å². The van der Waals surface area contributed by atoms with Crippen LogP contribution in [-0.4, -0.2) is 41.3 Å². The number of carbonyl (C=O) groups is 3. The molecule has 7 nitrogen and oxygen atoms in total. The van der Waals surface area contributed by atoms with Gasteiger partial charge in [-0.2, -0.15) is 0 Å². The number of fused-ring (bicyclic) bond motifs is 3. The molecule has 2 aliphatic carbocycles. The van der Waals surface area contributed by atoms with Crippen molar-refractivity contribution in [3.63, 3.8) is 0 Å². The lowest BCUT2D eigenvalue weighted by atomic mass is 9.97. The number of amides is 2. The Kier molecular flexibility index (Phi) is 7.73. The first-order valence-corrected chi connectivity index (χ1v) is 12.6. The molecule has 1 saturated carbocycles. The largest absolute Gasteiger partial charge is 0.480 e. The summed E-state index contributed by atoms with van der Waals surface area (Å²) in [5.41, 5.74) is 3.41. The first kappa shape index (κ1) is 24.8. The Bertz CT molecular complexity index is 1030. The van der Waals surface area contributed by atoms with Crippen LogP contribution in [0.3, 0.4) is 0 Å². The van der Waals surface area contributed by atoms with Crippen LogP contribution in [0.2, 0.25) is 0 Å². The molecule has 1 atom stereocenters. The molecule has 2 amide bonds. The van der Waals surface area contributed by atoms with Gasteiger partial charge in [-0.05, 0) is 41.5 Å². The molecule has 0 heterocycles. The van der Waals surface area contributed by atoms with Crippen molar-refractivity contribution in [2.45, 2.75) is 75.8 Å². The number of carboxylic acids is 1. The summed E-state index contributed by atoms with van der Waals surface area (Å²) >= 11 is 0. The van der Waals surface area contributed by atoms with Crippen molar-refractivity contribution in [3.05, 3.63) is 59.7 Å². The highest BCUT2D eigenvalue weighted by molar-refractivity contribution is 5.87. The summed E-state index contributed by atoms with van der Waals surface area (Å²) < 4.78 is 5.65. The topological polar surface area (TPSA) is 105 Å². The van der Waals surface area contributed by atoms with Crippen LogP contribution in [0, 0.1) is 0 Å². The molecule has 35 heavy (non-hydrogen) atoms. The van der Waals surface area contributed by atoms with Crippen LogP contribution in [0.15, 0.2) is 48.5 Å². The van der Waals surface area contributed by atoms with Gasteiger partial charge in [-0.3, -0.25) is 4.79 Å². The molecule has 2 aliphatic rings. The number of carbonyl (C=O) groups excluding carboxylic acids is 2. The van der Waals surface area contributed by atoms with E-state index >= 15 is 0 Å². The van der Waals surface area contributed by atoms with Crippen LogP contribution in [-0.2, 0) is 14.3 Å². The molecule has 0 bridgehead atoms. The third kappa shape index (κ3) is 5.50. The molecule has 1 fully saturated rings. The van der Waals surface area contributed by atoms with Gasteiger partial charge in [0.1, 0.15) is 12.1 Å². The van der Waals surface area contributed by atoms with Crippen molar-refractivity contribution < 1.29 is 24.2 Å². The Hall–Kier alpha value is -3.35. The van der Waals surface area contributed by atoms with Crippen LogP contribution >= 0.6 is 0 Å². The van der Waals surface area contributed by atoms with E-state index < -0.39 is 23.6 Å². The number of hydrogen-bond acceptors (Lipinski definition) is 4. The van der Waals surface area contributed by atoms with Crippen LogP contribution in [0.4, 0.5) is 4.79 Å². The molecule has 1 unspecified atom stereocenters. The summed E-state index contributed by atoms with van der Waals surface area (Å²) in [7, 11) is 0. The number of hydrogen-bond donors (Lipinski definition) is 3. The first-order valence-electron chi connectivity index (χ1n) is 12.6. The second-order valence-corrected chi connectivity index (χ2v) is 9.66. The van der Waals surface area contributed by atoms with E-state index in [9.17, 15) is 19.5 Å². The molecule has 4 rings (SSSR count). The molecule has 2 aromatic rings. The van der Waals surface area contributed by atoms with Gasteiger partial charge in [0.15, 0.2) is 0 Å². The maximum absolute atomic E-state index is 12.7. The van der Waals surface area contributed by atoms with E-state index in [1.807, 2.05) is 31.2 Å². The number of rotatable bonds is 10. The highest BCUT2D eigenvalue weighted by atomic mass is 16.5. The Morgan fingerprint density at radius 1 is 1.03 bits per heavy atom. The van der Waals surface area contributed by atoms with Gasteiger partial charge in [0, 0.05) is 18.4 Å². The summed E-state index contributed by atoms with van der Waals surface area (Å²) in [4.78, 5) is 37.3. The van der Waals surface area contributed by atoms with Crippen molar-refractivity contribution in [1.82, 2.24) is 10.6 Å². The monoisotopic (exact) mass is 478 g/mol. The van der Waals surface area contributed by atoms with Crippen molar-refractivity contribution >= 4 is 18.0 Å². The third-order valence-corrected chi connectivity index (χ3v) is 7.25. The van der Waals surface area contributed by atoms with Crippen molar-refractivity contribution in [2.75, 3.05) is 6.61 Å². The fraction of sp³-hybridized carbons (Fsp3) is 0.464. The number of carboxylic acid groups (broad SMARTS) is 1. The van der Waals surface area contributed by atoms with E-state index in [4.69, 9.17) is 4.74 Å². The van der Waals surface area contributed by atoms with Gasteiger partial charge in [0.05, 0.1) is 0 Å². The molecular formula is C28H34N2O5. The predicted molar refractivity (Wildman–Crippen MR) is 133 cm³/mol. The summed E-state index contributed by atoms with van der Waals surface area (Å²) in [6.45, 7) is 2.25. The lowest BCUT2D eigenvalue weighted by molar-refractivity contribution is -0.147. The molecule has 0 saturated heterocycles. The van der Waals surface area contributed by atoms with Crippen molar-refractivity contribution in [2.24, 2.45) is 0 Å². The molecule has 0 aromatic heterocycles. The summed E-state index contributed by atoms with van der Waals surface area (Å²) in [5.74, 6) is -1.38. The Labute approximate surface area is 206 Å². The SMILES string of the molecule is CCCCC(CC(=O)NC1(C(=O)O)CCCC1)NC(=O)OCC1c2ccccc2-c2ccccc21. The minimum atomic E-state index is -1.18. The number of unbranched alkanes of at least 4 members (excludes halogenated alkanes) is 1. The van der Waals surface area contributed by atoms with E-state index in [0.29, 0.717) is 19.3 Å². The van der Waals surface area contributed by atoms with Gasteiger partial charge < -0.3 is 20.5 Å². The van der Waals surface area contributed by atoms with E-state index in [1.165, 1.54) is 0 Å². The Balaban J connectivity index is 1.37. The molecular weight excluding hydrogens is 444 g/mol. The molecule has 2 aromatic carbocycles. The maximum atomic E-state index is 12.7. The number of nitrogens with one attached hydrogen (secondary N) is 2. The Morgan fingerprint density at radius 2 is 1.63 bits per heavy atom. The molecule has 186 valence electrons. The van der Waals surface area contributed by atoms with Crippen LogP contribution in [0.5, 0.6) is 0 Å². The molecule has 0 spiro atoms. The smallest absolute Gasteiger partial charge is 0.407 e. The van der Waals surface area contributed by atoms with E-state index in [1.54, 1.807) is 0 Å². The summed E-state index contributed by atoms with van der Waals surface area (Å²) in [5, 5.41) is 15.2. The second kappa shape index (κ2) is 10.9. The van der Waals surface area contributed by atoms with Gasteiger partial charge in [-0.1, -0.05) is 81.1 Å². The van der Waals surface area contributed by atoms with Gasteiger partial charge in [-0.15, -0.1) is 0 Å². The minimum absolute atomic E-state index is 0.0270. The number of ether oxygens (including phenoxy) is 1. The lowest BCUT2D eigenvalue weighted by Gasteiger charge is -2.27. The number of benzene rings is 2. The summed E-state index contributed by atoms with van der Waals surface area (Å²) in [6.07, 6.45) is 4.28. The van der Waals surface area contributed by atoms with Gasteiger partial charge in [0.25, 0.3) is 0 Å². The quantitative estimate of drug-likeness (QED) is 0.446. The average molecular weight is 479 g/mol. The molecule has 0 aliphatic heterocycles. The molecule has 3 N–H and O–H groups in total. The summed E-state index contributed by atoms with van der Waals surface area (Å²) in [6, 6.07) is 15.9. The average Bonchev–Trinajstić information content (AvgIpc) is 3.45. The number of aliphatic carboxylic acids is 1. The minimum Gasteiger partial charge on any atom is -0.480 e. The zero-order chi connectivity index (χ0) is 24.8. The maximum Gasteiger partial charge on any atom is 0.407 e. The number of alkyl carbamates (subject to hydrolysis) is 1. The van der Waals surface area contributed by atoms with E-state index in [2.05, 4.69) is 34.9 Å². The Morgan fingerprint density at radius 3 is 2.20 bits per heavy atom. The van der Waals surface area contributed by atoms with E-state index in [0.717, 1.165) is 47.9 Å².